The minimum Gasteiger partial charge on any atom is -0.388 e. The highest BCUT2D eigenvalue weighted by Gasteiger charge is 2.29. The summed E-state index contributed by atoms with van der Waals surface area (Å²) in [6.07, 6.45) is 11.3. The van der Waals surface area contributed by atoms with Gasteiger partial charge in [0.15, 0.2) is 0 Å². The quantitative estimate of drug-likeness (QED) is 0.742. The molecule has 0 bridgehead atoms. The molecule has 0 heterocycles. The van der Waals surface area contributed by atoms with E-state index in [0.29, 0.717) is 5.92 Å². The Kier molecular flexibility index (Phi) is 3.81. The van der Waals surface area contributed by atoms with E-state index in [2.05, 4.69) is 38.2 Å². The van der Waals surface area contributed by atoms with Gasteiger partial charge in [0, 0.05) is 0 Å². The molecule has 0 aromatic heterocycles. The van der Waals surface area contributed by atoms with Crippen molar-refractivity contribution in [3.05, 3.63) is 35.5 Å². The highest BCUT2D eigenvalue weighted by molar-refractivity contribution is 7.98. The topological polar surface area (TPSA) is 46.2 Å². The fraction of sp³-hybridized carbons (Fsp3) is 0.571. The van der Waals surface area contributed by atoms with E-state index in [0.717, 1.165) is 24.8 Å². The van der Waals surface area contributed by atoms with E-state index in [1.807, 2.05) is 0 Å². The third-order valence-electron chi connectivity index (χ3n) is 3.91. The van der Waals surface area contributed by atoms with Crippen LogP contribution in [0, 0.1) is 5.92 Å². The van der Waals surface area contributed by atoms with E-state index in [-0.39, 0.29) is 10.9 Å². The van der Waals surface area contributed by atoms with Crippen LogP contribution in [0.3, 0.4) is 0 Å². The van der Waals surface area contributed by atoms with Crippen LogP contribution in [0.2, 0.25) is 0 Å². The summed E-state index contributed by atoms with van der Waals surface area (Å²) in [5, 5.41) is 16.1. The summed E-state index contributed by atoms with van der Waals surface area (Å²) in [6, 6.07) is 0. The molecule has 3 heteroatoms. The third kappa shape index (κ3) is 2.51. The average molecular weight is 251 g/mol. The van der Waals surface area contributed by atoms with Crippen molar-refractivity contribution >= 4 is 11.9 Å². The molecule has 0 saturated carbocycles. The van der Waals surface area contributed by atoms with Crippen LogP contribution in [-0.4, -0.2) is 16.0 Å². The highest BCUT2D eigenvalue weighted by atomic mass is 32.2. The van der Waals surface area contributed by atoms with Crippen molar-refractivity contribution in [2.75, 3.05) is 0 Å². The Bertz CT molecular complexity index is 386. The third-order valence-corrected chi connectivity index (χ3v) is 4.69. The van der Waals surface area contributed by atoms with Gasteiger partial charge >= 0.3 is 0 Å². The monoisotopic (exact) mass is 251 g/mol. The molecule has 3 atom stereocenters. The van der Waals surface area contributed by atoms with Crippen molar-refractivity contribution in [2.24, 2.45) is 11.1 Å². The molecular weight excluding hydrogens is 230 g/mol. The first-order chi connectivity index (χ1) is 8.09. The smallest absolute Gasteiger partial charge is 0.0820 e. The zero-order valence-electron chi connectivity index (χ0n) is 10.5. The van der Waals surface area contributed by atoms with Gasteiger partial charge in [-0.15, -0.1) is 0 Å². The minimum atomic E-state index is -0.310. The van der Waals surface area contributed by atoms with E-state index in [4.69, 9.17) is 5.14 Å². The van der Waals surface area contributed by atoms with Gasteiger partial charge in [-0.3, -0.25) is 5.14 Å². The number of hydrogen-bond donors (Lipinski definition) is 2. The summed E-state index contributed by atoms with van der Waals surface area (Å²) >= 11 is 1.33. The lowest BCUT2D eigenvalue weighted by molar-refractivity contribution is 0.127. The molecule has 2 aliphatic rings. The number of hydrogen-bond acceptors (Lipinski definition) is 3. The second-order valence-corrected chi connectivity index (χ2v) is 6.22. The summed E-state index contributed by atoms with van der Waals surface area (Å²) in [6.45, 7) is 4.24. The lowest BCUT2D eigenvalue weighted by Gasteiger charge is -2.29. The summed E-state index contributed by atoms with van der Waals surface area (Å²) in [4.78, 5) is 0. The van der Waals surface area contributed by atoms with E-state index in [1.54, 1.807) is 0 Å². The Hall–Kier alpha value is -0.510. The van der Waals surface area contributed by atoms with Crippen LogP contribution in [0.1, 0.15) is 33.1 Å². The van der Waals surface area contributed by atoms with E-state index >= 15 is 0 Å². The number of allylic oxidation sites excluding steroid dienone is 2. The number of aliphatic hydroxyl groups is 1. The molecule has 2 rings (SSSR count). The van der Waals surface area contributed by atoms with E-state index in [9.17, 15) is 5.11 Å². The maximum Gasteiger partial charge on any atom is 0.0820 e. The van der Waals surface area contributed by atoms with E-state index in [1.165, 1.54) is 17.5 Å². The van der Waals surface area contributed by atoms with Gasteiger partial charge in [-0.05, 0) is 36.8 Å². The van der Waals surface area contributed by atoms with Gasteiger partial charge in [-0.2, -0.15) is 0 Å². The molecule has 3 unspecified atom stereocenters. The fourth-order valence-corrected chi connectivity index (χ4v) is 2.85. The summed E-state index contributed by atoms with van der Waals surface area (Å²) in [5.41, 5.74) is 2.37. The second-order valence-electron chi connectivity index (χ2n) is 5.10. The van der Waals surface area contributed by atoms with Crippen LogP contribution in [0.4, 0.5) is 0 Å². The highest BCUT2D eigenvalue weighted by Crippen LogP contribution is 2.37. The second kappa shape index (κ2) is 5.01. The maximum atomic E-state index is 10.4. The van der Waals surface area contributed by atoms with Crippen molar-refractivity contribution in [3.8, 4) is 0 Å². The van der Waals surface area contributed by atoms with Crippen LogP contribution in [0.25, 0.3) is 0 Å². The number of nitrogens with two attached hydrogens (primary N) is 1. The molecule has 17 heavy (non-hydrogen) atoms. The molecule has 94 valence electrons. The Labute approximate surface area is 108 Å². The van der Waals surface area contributed by atoms with Gasteiger partial charge in [0.25, 0.3) is 0 Å². The van der Waals surface area contributed by atoms with Crippen LogP contribution in [0.15, 0.2) is 35.5 Å². The Morgan fingerprint density at radius 1 is 1.47 bits per heavy atom. The number of aliphatic hydroxyl groups excluding tert-OH is 1. The van der Waals surface area contributed by atoms with Gasteiger partial charge in [-0.1, -0.05) is 49.6 Å². The molecule has 0 spiro atoms. The van der Waals surface area contributed by atoms with Gasteiger partial charge < -0.3 is 5.11 Å². The van der Waals surface area contributed by atoms with Crippen LogP contribution in [0.5, 0.6) is 0 Å². The minimum absolute atomic E-state index is 0.154. The fourth-order valence-electron chi connectivity index (χ4n) is 2.55. The van der Waals surface area contributed by atoms with Crippen molar-refractivity contribution in [3.63, 3.8) is 0 Å². The maximum absolute atomic E-state index is 10.4. The molecule has 3 N–H and O–H groups in total. The molecule has 0 aromatic carbocycles. The number of rotatable bonds is 2. The van der Waals surface area contributed by atoms with E-state index < -0.39 is 0 Å². The zero-order valence-corrected chi connectivity index (χ0v) is 11.3. The largest absolute Gasteiger partial charge is 0.388 e. The predicted octanol–water partition coefficient (Wildman–Crippen LogP) is 2.96. The normalized spacial score (nSPS) is 36.9. The molecule has 0 fully saturated rings. The van der Waals surface area contributed by atoms with Crippen molar-refractivity contribution in [1.82, 2.24) is 0 Å². The summed E-state index contributed by atoms with van der Waals surface area (Å²) in [7, 11) is 0. The molecule has 0 aliphatic heterocycles. The van der Waals surface area contributed by atoms with Crippen molar-refractivity contribution < 1.29 is 5.11 Å². The van der Waals surface area contributed by atoms with Gasteiger partial charge in [0.2, 0.25) is 0 Å². The molecule has 0 saturated heterocycles. The Balaban J connectivity index is 2.31. The first-order valence-corrected chi connectivity index (χ1v) is 7.15. The first-order valence-electron chi connectivity index (χ1n) is 6.27. The lowest BCUT2D eigenvalue weighted by Crippen LogP contribution is -2.26. The molecule has 0 radical (unpaired) electrons. The van der Waals surface area contributed by atoms with Gasteiger partial charge in [0.05, 0.1) is 10.9 Å². The zero-order chi connectivity index (χ0) is 12.5. The SMILES string of the molecule is CCC1CCC2=C(C=CC(C)(SN)C=C2)C1O. The molecule has 0 aromatic rings. The van der Waals surface area contributed by atoms with Crippen LogP contribution in [-0.2, 0) is 0 Å². The predicted molar refractivity (Wildman–Crippen MR) is 74.5 cm³/mol. The van der Waals surface area contributed by atoms with Crippen LogP contribution >= 0.6 is 11.9 Å². The van der Waals surface area contributed by atoms with Gasteiger partial charge in [0.1, 0.15) is 0 Å². The van der Waals surface area contributed by atoms with Crippen LogP contribution < -0.4 is 5.14 Å². The molecule has 2 aliphatic carbocycles. The summed E-state index contributed by atoms with van der Waals surface area (Å²) < 4.78 is -0.154. The molecule has 2 nitrogen and oxygen atoms in total. The average Bonchev–Trinajstić information content (AvgIpc) is 2.51. The lowest BCUT2D eigenvalue weighted by atomic mass is 9.80. The summed E-state index contributed by atoms with van der Waals surface area (Å²) in [5.74, 6) is 0.404. The molecular formula is C14H21NOS. The Morgan fingerprint density at radius 2 is 2.18 bits per heavy atom. The van der Waals surface area contributed by atoms with Gasteiger partial charge in [-0.25, -0.2) is 0 Å². The first kappa shape index (κ1) is 12.9. The van der Waals surface area contributed by atoms with Crippen molar-refractivity contribution in [2.45, 2.75) is 44.0 Å². The molecule has 0 amide bonds. The Morgan fingerprint density at radius 3 is 2.82 bits per heavy atom. The standard InChI is InChI=1S/C14H21NOS/c1-3-10-4-5-11-6-8-14(2,17-15)9-7-12(11)13(10)16/h6-10,13,16H,3-5,15H2,1-2H3. The van der Waals surface area contributed by atoms with Crippen molar-refractivity contribution in [1.29, 1.82) is 0 Å².